The van der Waals surface area contributed by atoms with Crippen molar-refractivity contribution in [1.82, 2.24) is 4.90 Å². The zero-order chi connectivity index (χ0) is 15.9. The Morgan fingerprint density at radius 2 is 2.05 bits per heavy atom. The molecule has 1 aliphatic heterocycles. The van der Waals surface area contributed by atoms with Gasteiger partial charge in [0.2, 0.25) is 5.91 Å². The Morgan fingerprint density at radius 1 is 1.27 bits per heavy atom. The van der Waals surface area contributed by atoms with Crippen molar-refractivity contribution in [3.63, 3.8) is 0 Å². The number of rotatable bonds is 3. The van der Waals surface area contributed by atoms with Gasteiger partial charge in [-0.2, -0.15) is 0 Å². The second kappa shape index (κ2) is 6.07. The van der Waals surface area contributed by atoms with Crippen molar-refractivity contribution in [2.75, 3.05) is 19.8 Å². The molecular weight excluding hydrogens is 329 g/mol. The molecule has 3 rings (SSSR count). The first kappa shape index (κ1) is 15.6. The van der Waals surface area contributed by atoms with Gasteiger partial charge in [0.25, 0.3) is 0 Å². The van der Waals surface area contributed by atoms with Crippen molar-refractivity contribution in [3.8, 4) is 0 Å². The van der Waals surface area contributed by atoms with Crippen molar-refractivity contribution in [1.29, 1.82) is 0 Å². The Bertz CT molecular complexity index is 622. The first-order valence-corrected chi connectivity index (χ1v) is 7.80. The van der Waals surface area contributed by atoms with E-state index in [1.807, 2.05) is 6.07 Å². The fraction of sp³-hybridized carbons (Fsp3) is 0.467. The van der Waals surface area contributed by atoms with Gasteiger partial charge in [0.05, 0.1) is 23.3 Å². The number of morpholine rings is 1. The standard InChI is InChI=1S/C15H15Cl2NO4/c16-11-2-1-8(5-12(11)17)9-6-10(9)14(19)18-3-4-22-7-13(18)15(20)21/h1-2,5,9-10,13H,3-4,6-7H2,(H,20,21)/t9-,10+,13+/m1/s1. The van der Waals surface area contributed by atoms with Crippen molar-refractivity contribution in [3.05, 3.63) is 33.8 Å². The minimum Gasteiger partial charge on any atom is -0.480 e. The highest BCUT2D eigenvalue weighted by molar-refractivity contribution is 6.42. The van der Waals surface area contributed by atoms with E-state index in [0.29, 0.717) is 29.6 Å². The highest BCUT2D eigenvalue weighted by Crippen LogP contribution is 2.49. The Morgan fingerprint density at radius 3 is 2.73 bits per heavy atom. The molecule has 1 aliphatic carbocycles. The van der Waals surface area contributed by atoms with Crippen LogP contribution in [-0.4, -0.2) is 47.7 Å². The van der Waals surface area contributed by atoms with Gasteiger partial charge in [-0.05, 0) is 30.0 Å². The molecule has 1 heterocycles. The predicted octanol–water partition coefficient (Wildman–Crippen LogP) is 2.41. The molecule has 22 heavy (non-hydrogen) atoms. The zero-order valence-corrected chi connectivity index (χ0v) is 13.2. The number of aliphatic carboxylic acids is 1. The summed E-state index contributed by atoms with van der Waals surface area (Å²) in [7, 11) is 0. The third kappa shape index (κ3) is 2.93. The maximum atomic E-state index is 12.6. The number of benzene rings is 1. The van der Waals surface area contributed by atoms with E-state index in [4.69, 9.17) is 27.9 Å². The Hall–Kier alpha value is -1.30. The number of hydrogen-bond donors (Lipinski definition) is 1. The SMILES string of the molecule is O=C(O)[C@@H]1COCCN1C(=O)[C@H]1C[C@@H]1c1ccc(Cl)c(Cl)c1. The van der Waals surface area contributed by atoms with Crippen molar-refractivity contribution in [2.45, 2.75) is 18.4 Å². The fourth-order valence-electron chi connectivity index (χ4n) is 2.86. The highest BCUT2D eigenvalue weighted by atomic mass is 35.5. The summed E-state index contributed by atoms with van der Waals surface area (Å²) in [4.78, 5) is 25.2. The number of hydrogen-bond acceptors (Lipinski definition) is 3. The summed E-state index contributed by atoms with van der Waals surface area (Å²) in [6, 6.07) is 4.46. The molecule has 0 spiro atoms. The molecule has 7 heteroatoms. The van der Waals surface area contributed by atoms with E-state index in [2.05, 4.69) is 0 Å². The van der Waals surface area contributed by atoms with Gasteiger partial charge < -0.3 is 14.7 Å². The van der Waals surface area contributed by atoms with Crippen LogP contribution in [-0.2, 0) is 14.3 Å². The monoisotopic (exact) mass is 343 g/mol. The summed E-state index contributed by atoms with van der Waals surface area (Å²) in [5.74, 6) is -1.25. The normalized spacial score (nSPS) is 27.5. The smallest absolute Gasteiger partial charge is 0.328 e. The zero-order valence-electron chi connectivity index (χ0n) is 11.7. The number of halogens is 2. The number of carbonyl (C=O) groups is 2. The van der Waals surface area contributed by atoms with E-state index >= 15 is 0 Å². The van der Waals surface area contributed by atoms with Gasteiger partial charge >= 0.3 is 5.97 Å². The molecule has 1 saturated heterocycles. The second-order valence-electron chi connectivity index (χ2n) is 5.58. The van der Waals surface area contributed by atoms with Gasteiger partial charge in [0, 0.05) is 12.5 Å². The summed E-state index contributed by atoms with van der Waals surface area (Å²) < 4.78 is 5.16. The lowest BCUT2D eigenvalue weighted by molar-refractivity contribution is -0.158. The van der Waals surface area contributed by atoms with Crippen LogP contribution >= 0.6 is 23.2 Å². The Balaban J connectivity index is 1.71. The van der Waals surface area contributed by atoms with Crippen LogP contribution < -0.4 is 0 Å². The van der Waals surface area contributed by atoms with E-state index in [1.54, 1.807) is 12.1 Å². The van der Waals surface area contributed by atoms with Crippen LogP contribution in [0.25, 0.3) is 0 Å². The van der Waals surface area contributed by atoms with Crippen LogP contribution in [0.1, 0.15) is 17.9 Å². The summed E-state index contributed by atoms with van der Waals surface area (Å²) >= 11 is 11.9. The molecule has 1 aromatic rings. The van der Waals surface area contributed by atoms with Gasteiger partial charge in [-0.25, -0.2) is 4.79 Å². The maximum Gasteiger partial charge on any atom is 0.328 e. The number of amides is 1. The first-order valence-electron chi connectivity index (χ1n) is 7.05. The van der Waals surface area contributed by atoms with E-state index in [1.165, 1.54) is 4.90 Å². The van der Waals surface area contributed by atoms with Crippen LogP contribution in [0.4, 0.5) is 0 Å². The molecule has 1 aromatic carbocycles. The van der Waals surface area contributed by atoms with Crippen LogP contribution in [0.3, 0.4) is 0 Å². The largest absolute Gasteiger partial charge is 0.480 e. The third-order valence-electron chi connectivity index (χ3n) is 4.18. The molecule has 3 atom stereocenters. The quantitative estimate of drug-likeness (QED) is 0.915. The van der Waals surface area contributed by atoms with Gasteiger partial charge in [0.1, 0.15) is 0 Å². The van der Waals surface area contributed by atoms with E-state index in [-0.39, 0.29) is 24.3 Å². The molecule has 2 aliphatic rings. The molecule has 2 fully saturated rings. The van der Waals surface area contributed by atoms with Crippen LogP contribution in [0.5, 0.6) is 0 Å². The van der Waals surface area contributed by atoms with Gasteiger partial charge in [-0.3, -0.25) is 4.79 Å². The fourth-order valence-corrected chi connectivity index (χ4v) is 3.17. The molecule has 0 radical (unpaired) electrons. The molecule has 1 N–H and O–H groups in total. The lowest BCUT2D eigenvalue weighted by Gasteiger charge is -2.33. The molecule has 0 bridgehead atoms. The Labute approximate surface area is 137 Å². The number of ether oxygens (including phenoxy) is 1. The molecule has 5 nitrogen and oxygen atoms in total. The average molecular weight is 344 g/mol. The summed E-state index contributed by atoms with van der Waals surface area (Å²) in [6.45, 7) is 0.741. The van der Waals surface area contributed by atoms with Crippen LogP contribution in [0, 0.1) is 5.92 Å². The molecule has 1 amide bonds. The second-order valence-corrected chi connectivity index (χ2v) is 6.40. The third-order valence-corrected chi connectivity index (χ3v) is 4.92. The molecular formula is C15H15Cl2NO4. The number of nitrogens with zero attached hydrogens (tertiary/aromatic N) is 1. The van der Waals surface area contributed by atoms with Crippen LogP contribution in [0.15, 0.2) is 18.2 Å². The van der Waals surface area contributed by atoms with Gasteiger partial charge in [-0.1, -0.05) is 29.3 Å². The van der Waals surface area contributed by atoms with E-state index in [9.17, 15) is 14.7 Å². The lowest BCUT2D eigenvalue weighted by atomic mass is 10.1. The minimum absolute atomic E-state index is 0.0469. The maximum absolute atomic E-state index is 12.6. The molecule has 0 aromatic heterocycles. The van der Waals surface area contributed by atoms with Crippen molar-refractivity contribution >= 4 is 35.1 Å². The summed E-state index contributed by atoms with van der Waals surface area (Å²) in [6.07, 6.45) is 0.709. The predicted molar refractivity (Wildman–Crippen MR) is 81.3 cm³/mol. The van der Waals surface area contributed by atoms with Crippen LogP contribution in [0.2, 0.25) is 10.0 Å². The highest BCUT2D eigenvalue weighted by Gasteiger charge is 2.48. The van der Waals surface area contributed by atoms with Crippen molar-refractivity contribution < 1.29 is 19.4 Å². The minimum atomic E-state index is -1.03. The average Bonchev–Trinajstić information content (AvgIpc) is 3.30. The van der Waals surface area contributed by atoms with Crippen molar-refractivity contribution in [2.24, 2.45) is 5.92 Å². The number of carbonyl (C=O) groups excluding carboxylic acids is 1. The number of carboxylic acid groups (broad SMARTS) is 1. The summed E-state index contributed by atoms with van der Waals surface area (Å²) in [5.41, 5.74) is 0.966. The lowest BCUT2D eigenvalue weighted by Crippen LogP contribution is -2.53. The topological polar surface area (TPSA) is 66.8 Å². The molecule has 1 saturated carbocycles. The Kier molecular flexibility index (Phi) is 4.30. The van der Waals surface area contributed by atoms with E-state index < -0.39 is 12.0 Å². The molecule has 118 valence electrons. The van der Waals surface area contributed by atoms with Gasteiger partial charge in [-0.15, -0.1) is 0 Å². The van der Waals surface area contributed by atoms with E-state index in [0.717, 1.165) is 5.56 Å². The number of carboxylic acids is 1. The summed E-state index contributed by atoms with van der Waals surface area (Å²) in [5, 5.41) is 10.1. The van der Waals surface area contributed by atoms with Gasteiger partial charge in [0.15, 0.2) is 6.04 Å². The first-order chi connectivity index (χ1) is 10.5. The molecule has 0 unspecified atom stereocenters.